The minimum Gasteiger partial charge on any atom is -0.113 e. The van der Waals surface area contributed by atoms with Gasteiger partial charge in [0.2, 0.25) is 0 Å². The lowest BCUT2D eigenvalue weighted by Crippen LogP contribution is -1.98. The summed E-state index contributed by atoms with van der Waals surface area (Å²) in [5, 5.41) is -0.0497. The van der Waals surface area contributed by atoms with Crippen molar-refractivity contribution in [3.05, 3.63) is 70.8 Å². The van der Waals surface area contributed by atoms with E-state index in [4.69, 9.17) is 11.6 Å². The van der Waals surface area contributed by atoms with Crippen LogP contribution in [0.3, 0.4) is 0 Å². The standard InChI is InChI=1S/C19H23Cl/c1-3-5-8-15-11-13-17(14-12-15)19(20)18-10-7-6-9-16(18)4-2/h6-7,9-14,19H,3-5,8H2,1-2H3. The van der Waals surface area contributed by atoms with Gasteiger partial charge in [-0.1, -0.05) is 68.8 Å². The van der Waals surface area contributed by atoms with Crippen molar-refractivity contribution in [3.8, 4) is 0 Å². The first kappa shape index (κ1) is 15.1. The van der Waals surface area contributed by atoms with E-state index in [0.717, 1.165) is 12.8 Å². The largest absolute Gasteiger partial charge is 0.113 e. The Morgan fingerprint density at radius 1 is 0.950 bits per heavy atom. The molecule has 0 aliphatic rings. The molecule has 0 aliphatic carbocycles. The number of hydrogen-bond donors (Lipinski definition) is 0. The van der Waals surface area contributed by atoms with E-state index in [2.05, 4.69) is 62.4 Å². The van der Waals surface area contributed by atoms with Crippen molar-refractivity contribution in [2.24, 2.45) is 0 Å². The van der Waals surface area contributed by atoms with Gasteiger partial charge in [-0.15, -0.1) is 11.6 Å². The summed E-state index contributed by atoms with van der Waals surface area (Å²) in [6, 6.07) is 17.2. The van der Waals surface area contributed by atoms with Gasteiger partial charge in [-0.3, -0.25) is 0 Å². The highest BCUT2D eigenvalue weighted by Crippen LogP contribution is 2.31. The number of hydrogen-bond acceptors (Lipinski definition) is 0. The van der Waals surface area contributed by atoms with Crippen LogP contribution in [0.5, 0.6) is 0 Å². The van der Waals surface area contributed by atoms with E-state index in [0.29, 0.717) is 0 Å². The minimum absolute atomic E-state index is 0.0497. The highest BCUT2D eigenvalue weighted by atomic mass is 35.5. The molecule has 1 atom stereocenters. The Hall–Kier alpha value is -1.27. The number of alkyl halides is 1. The molecule has 2 rings (SSSR count). The second-order valence-electron chi connectivity index (χ2n) is 5.26. The summed E-state index contributed by atoms with van der Waals surface area (Å²) in [5.74, 6) is 0. The molecule has 1 unspecified atom stereocenters. The predicted octanol–water partition coefficient (Wildman–Crippen LogP) is 5.92. The van der Waals surface area contributed by atoms with Crippen molar-refractivity contribution in [3.63, 3.8) is 0 Å². The van der Waals surface area contributed by atoms with Crippen molar-refractivity contribution in [2.75, 3.05) is 0 Å². The van der Waals surface area contributed by atoms with E-state index in [1.807, 2.05) is 0 Å². The number of unbranched alkanes of at least 4 members (excludes halogenated alkanes) is 1. The summed E-state index contributed by atoms with van der Waals surface area (Å²) >= 11 is 6.67. The molecule has 0 saturated heterocycles. The lowest BCUT2D eigenvalue weighted by Gasteiger charge is -2.15. The summed E-state index contributed by atoms with van der Waals surface area (Å²) in [6.45, 7) is 4.40. The lowest BCUT2D eigenvalue weighted by atomic mass is 9.96. The Morgan fingerprint density at radius 2 is 1.65 bits per heavy atom. The van der Waals surface area contributed by atoms with Crippen molar-refractivity contribution in [1.82, 2.24) is 0 Å². The lowest BCUT2D eigenvalue weighted by molar-refractivity contribution is 0.794. The topological polar surface area (TPSA) is 0 Å². The third kappa shape index (κ3) is 3.64. The van der Waals surface area contributed by atoms with Crippen molar-refractivity contribution >= 4 is 11.6 Å². The molecule has 106 valence electrons. The van der Waals surface area contributed by atoms with Crippen LogP contribution in [0.4, 0.5) is 0 Å². The summed E-state index contributed by atoms with van der Waals surface area (Å²) in [4.78, 5) is 0. The van der Waals surface area contributed by atoms with Gasteiger partial charge in [0.25, 0.3) is 0 Å². The van der Waals surface area contributed by atoms with Crippen LogP contribution in [0.15, 0.2) is 48.5 Å². The van der Waals surface area contributed by atoms with Crippen LogP contribution in [-0.4, -0.2) is 0 Å². The molecule has 0 nitrogen and oxygen atoms in total. The molecule has 20 heavy (non-hydrogen) atoms. The summed E-state index contributed by atoms with van der Waals surface area (Å²) in [5.41, 5.74) is 5.16. The fourth-order valence-corrected chi connectivity index (χ4v) is 2.88. The molecule has 0 N–H and O–H groups in total. The molecule has 0 bridgehead atoms. The van der Waals surface area contributed by atoms with Gasteiger partial charge < -0.3 is 0 Å². The normalized spacial score (nSPS) is 12.3. The van der Waals surface area contributed by atoms with Gasteiger partial charge in [-0.05, 0) is 41.5 Å². The molecular weight excluding hydrogens is 264 g/mol. The molecule has 0 fully saturated rings. The molecule has 0 saturated carbocycles. The SMILES string of the molecule is CCCCc1ccc(C(Cl)c2ccccc2CC)cc1. The summed E-state index contributed by atoms with van der Waals surface area (Å²) in [7, 11) is 0. The van der Waals surface area contributed by atoms with Crippen LogP contribution in [-0.2, 0) is 12.8 Å². The van der Waals surface area contributed by atoms with Crippen LogP contribution >= 0.6 is 11.6 Å². The predicted molar refractivity (Wildman–Crippen MR) is 88.6 cm³/mol. The maximum Gasteiger partial charge on any atom is 0.0838 e. The van der Waals surface area contributed by atoms with E-state index < -0.39 is 0 Å². The van der Waals surface area contributed by atoms with E-state index >= 15 is 0 Å². The molecule has 0 amide bonds. The van der Waals surface area contributed by atoms with Crippen LogP contribution in [0, 0.1) is 0 Å². The maximum atomic E-state index is 6.67. The Bertz CT molecular complexity index is 528. The third-order valence-electron chi connectivity index (χ3n) is 3.80. The highest BCUT2D eigenvalue weighted by Gasteiger charge is 2.13. The first-order valence-electron chi connectivity index (χ1n) is 7.57. The zero-order chi connectivity index (χ0) is 14.4. The monoisotopic (exact) mass is 286 g/mol. The number of benzene rings is 2. The fourth-order valence-electron chi connectivity index (χ4n) is 2.52. The molecule has 1 heteroatoms. The van der Waals surface area contributed by atoms with Crippen molar-refractivity contribution < 1.29 is 0 Å². The molecule has 0 heterocycles. The summed E-state index contributed by atoms with van der Waals surface area (Å²) < 4.78 is 0. The van der Waals surface area contributed by atoms with E-state index in [1.165, 1.54) is 35.1 Å². The Morgan fingerprint density at radius 3 is 2.30 bits per heavy atom. The van der Waals surface area contributed by atoms with Gasteiger partial charge in [0.05, 0.1) is 5.38 Å². The van der Waals surface area contributed by atoms with Gasteiger partial charge in [-0.25, -0.2) is 0 Å². The smallest absolute Gasteiger partial charge is 0.0838 e. The van der Waals surface area contributed by atoms with Crippen LogP contribution in [0.1, 0.15) is 54.3 Å². The van der Waals surface area contributed by atoms with Crippen LogP contribution < -0.4 is 0 Å². The van der Waals surface area contributed by atoms with E-state index in [-0.39, 0.29) is 5.38 Å². The average molecular weight is 287 g/mol. The number of rotatable bonds is 6. The maximum absolute atomic E-state index is 6.67. The number of halogens is 1. The molecule has 0 aromatic heterocycles. The second-order valence-corrected chi connectivity index (χ2v) is 5.70. The van der Waals surface area contributed by atoms with E-state index in [1.54, 1.807) is 0 Å². The summed E-state index contributed by atoms with van der Waals surface area (Å²) in [6.07, 6.45) is 4.68. The zero-order valence-corrected chi connectivity index (χ0v) is 13.2. The Kier molecular flexibility index (Phi) is 5.67. The third-order valence-corrected chi connectivity index (χ3v) is 4.29. The quantitative estimate of drug-likeness (QED) is 0.578. The van der Waals surface area contributed by atoms with Crippen LogP contribution in [0.2, 0.25) is 0 Å². The fraction of sp³-hybridized carbons (Fsp3) is 0.368. The second kappa shape index (κ2) is 7.50. The van der Waals surface area contributed by atoms with Crippen LogP contribution in [0.25, 0.3) is 0 Å². The average Bonchev–Trinajstić information content (AvgIpc) is 2.52. The van der Waals surface area contributed by atoms with Crippen molar-refractivity contribution in [1.29, 1.82) is 0 Å². The van der Waals surface area contributed by atoms with Gasteiger partial charge in [-0.2, -0.15) is 0 Å². The Balaban J connectivity index is 2.18. The van der Waals surface area contributed by atoms with E-state index in [9.17, 15) is 0 Å². The Labute approximate surface area is 127 Å². The van der Waals surface area contributed by atoms with Crippen molar-refractivity contribution in [2.45, 2.75) is 44.9 Å². The molecule has 0 spiro atoms. The minimum atomic E-state index is -0.0497. The molecule has 0 aliphatic heterocycles. The molecule has 0 radical (unpaired) electrons. The zero-order valence-electron chi connectivity index (χ0n) is 12.4. The molecule has 2 aromatic carbocycles. The first-order valence-corrected chi connectivity index (χ1v) is 8.00. The molecule has 2 aromatic rings. The first-order chi connectivity index (χ1) is 9.76. The highest BCUT2D eigenvalue weighted by molar-refractivity contribution is 6.22. The van der Waals surface area contributed by atoms with Gasteiger partial charge >= 0.3 is 0 Å². The van der Waals surface area contributed by atoms with Gasteiger partial charge in [0.15, 0.2) is 0 Å². The molecular formula is C19H23Cl. The van der Waals surface area contributed by atoms with Gasteiger partial charge in [0, 0.05) is 0 Å². The van der Waals surface area contributed by atoms with Gasteiger partial charge in [0.1, 0.15) is 0 Å². The number of aryl methyl sites for hydroxylation is 2.